The van der Waals surface area contributed by atoms with Crippen LogP contribution in [0.4, 0.5) is 11.4 Å². The van der Waals surface area contributed by atoms with Crippen molar-refractivity contribution in [3.8, 4) is 6.07 Å². The van der Waals surface area contributed by atoms with Crippen molar-refractivity contribution in [3.63, 3.8) is 0 Å². The van der Waals surface area contributed by atoms with E-state index in [9.17, 15) is 0 Å². The van der Waals surface area contributed by atoms with Gasteiger partial charge in [0.15, 0.2) is 0 Å². The molecule has 2 N–H and O–H groups in total. The van der Waals surface area contributed by atoms with Crippen molar-refractivity contribution >= 4 is 11.4 Å². The normalized spacial score (nSPS) is 17.8. The van der Waals surface area contributed by atoms with Gasteiger partial charge >= 0.3 is 0 Å². The van der Waals surface area contributed by atoms with Crippen molar-refractivity contribution in [2.24, 2.45) is 5.73 Å². The largest absolute Gasteiger partial charge is 0.369 e. The molecule has 0 amide bonds. The number of likely N-dealkylation sites (N-methyl/N-ethyl adjacent to an activating group) is 2. The SMILES string of the molecule is CN1CCN(c2ccc(C#N)cc2)CC1.CN1CCN(c2ccc(CN)cc2)CC1. The van der Waals surface area contributed by atoms with Gasteiger partial charge in [0.1, 0.15) is 0 Å². The lowest BCUT2D eigenvalue weighted by atomic mass is 10.2. The lowest BCUT2D eigenvalue weighted by Gasteiger charge is -2.34. The van der Waals surface area contributed by atoms with E-state index in [0.29, 0.717) is 6.54 Å². The summed E-state index contributed by atoms with van der Waals surface area (Å²) in [6.07, 6.45) is 0. The molecule has 160 valence electrons. The third-order valence-corrected chi connectivity index (χ3v) is 5.91. The monoisotopic (exact) mass is 406 g/mol. The number of hydrogen-bond acceptors (Lipinski definition) is 6. The van der Waals surface area contributed by atoms with E-state index in [1.54, 1.807) is 0 Å². The van der Waals surface area contributed by atoms with Gasteiger partial charge in [0.2, 0.25) is 0 Å². The Morgan fingerprint density at radius 2 is 1.10 bits per heavy atom. The predicted molar refractivity (Wildman–Crippen MR) is 125 cm³/mol. The minimum absolute atomic E-state index is 0.628. The van der Waals surface area contributed by atoms with E-state index >= 15 is 0 Å². The van der Waals surface area contributed by atoms with E-state index in [-0.39, 0.29) is 0 Å². The third kappa shape index (κ3) is 6.20. The van der Waals surface area contributed by atoms with Gasteiger partial charge in [-0.2, -0.15) is 5.26 Å². The third-order valence-electron chi connectivity index (χ3n) is 5.91. The van der Waals surface area contributed by atoms with E-state index < -0.39 is 0 Å². The number of nitrogens with two attached hydrogens (primary N) is 1. The van der Waals surface area contributed by atoms with Crippen LogP contribution in [-0.2, 0) is 6.54 Å². The molecule has 0 unspecified atom stereocenters. The molecule has 0 aliphatic carbocycles. The zero-order valence-corrected chi connectivity index (χ0v) is 18.3. The summed E-state index contributed by atoms with van der Waals surface area (Å²) in [6.45, 7) is 9.54. The molecule has 0 atom stereocenters. The second-order valence-electron chi connectivity index (χ2n) is 8.11. The first-order valence-electron chi connectivity index (χ1n) is 10.7. The molecular formula is C24H34N6. The number of nitrogens with zero attached hydrogens (tertiary/aromatic N) is 5. The smallest absolute Gasteiger partial charge is 0.0991 e. The van der Waals surface area contributed by atoms with Crippen LogP contribution in [0.3, 0.4) is 0 Å². The minimum atomic E-state index is 0.628. The molecule has 2 aliphatic rings. The molecule has 2 heterocycles. The summed E-state index contributed by atoms with van der Waals surface area (Å²) >= 11 is 0. The highest BCUT2D eigenvalue weighted by Gasteiger charge is 2.14. The van der Waals surface area contributed by atoms with Gasteiger partial charge in [-0.25, -0.2) is 0 Å². The van der Waals surface area contributed by atoms with Gasteiger partial charge in [0, 0.05) is 70.3 Å². The van der Waals surface area contributed by atoms with Crippen LogP contribution in [0.1, 0.15) is 11.1 Å². The Balaban J connectivity index is 0.000000171. The Hall–Kier alpha value is -2.59. The van der Waals surface area contributed by atoms with Crippen LogP contribution in [-0.4, -0.2) is 76.3 Å². The van der Waals surface area contributed by atoms with Gasteiger partial charge in [-0.3, -0.25) is 0 Å². The van der Waals surface area contributed by atoms with Crippen molar-refractivity contribution in [1.29, 1.82) is 5.26 Å². The average molecular weight is 407 g/mol. The molecule has 2 saturated heterocycles. The first-order valence-corrected chi connectivity index (χ1v) is 10.7. The van der Waals surface area contributed by atoms with Gasteiger partial charge in [-0.05, 0) is 56.1 Å². The summed E-state index contributed by atoms with van der Waals surface area (Å²) in [7, 11) is 4.32. The number of rotatable bonds is 3. The number of nitriles is 1. The lowest BCUT2D eigenvalue weighted by Crippen LogP contribution is -2.44. The zero-order chi connectivity index (χ0) is 21.3. The van der Waals surface area contributed by atoms with Gasteiger partial charge in [-0.15, -0.1) is 0 Å². The summed E-state index contributed by atoms with van der Waals surface area (Å²) in [4.78, 5) is 9.49. The van der Waals surface area contributed by atoms with Crippen LogP contribution in [0, 0.1) is 11.3 Å². The quantitative estimate of drug-likeness (QED) is 0.843. The molecule has 2 fully saturated rings. The molecule has 0 aromatic heterocycles. The molecule has 2 aromatic rings. The van der Waals surface area contributed by atoms with Gasteiger partial charge in [0.25, 0.3) is 0 Å². The van der Waals surface area contributed by atoms with Crippen molar-refractivity contribution in [2.45, 2.75) is 6.54 Å². The molecule has 0 radical (unpaired) electrons. The Morgan fingerprint density at radius 3 is 1.47 bits per heavy atom. The maximum absolute atomic E-state index is 8.70. The van der Waals surface area contributed by atoms with Crippen LogP contribution in [0.2, 0.25) is 0 Å². The van der Waals surface area contributed by atoms with Gasteiger partial charge in [0.05, 0.1) is 11.6 Å². The number of piperazine rings is 2. The maximum atomic E-state index is 8.70. The maximum Gasteiger partial charge on any atom is 0.0991 e. The van der Waals surface area contributed by atoms with Crippen LogP contribution < -0.4 is 15.5 Å². The predicted octanol–water partition coefficient (Wildman–Crippen LogP) is 2.21. The Morgan fingerprint density at radius 1 is 0.700 bits per heavy atom. The molecular weight excluding hydrogens is 372 g/mol. The second-order valence-corrected chi connectivity index (χ2v) is 8.11. The molecule has 6 heteroatoms. The number of hydrogen-bond donors (Lipinski definition) is 1. The second kappa shape index (κ2) is 11.0. The number of anilines is 2. The summed E-state index contributed by atoms with van der Waals surface area (Å²) in [5, 5.41) is 8.70. The molecule has 30 heavy (non-hydrogen) atoms. The standard InChI is InChI=1S/C12H19N3.C12H15N3/c2*1-14-6-8-15(9-7-14)12-4-2-11(10-13)3-5-12/h2-5H,6-10,13H2,1H3;2-5H,6-9H2,1H3. The van der Waals surface area contributed by atoms with Crippen molar-refractivity contribution in [3.05, 3.63) is 59.7 Å². The van der Waals surface area contributed by atoms with Gasteiger partial charge < -0.3 is 25.3 Å². The molecule has 0 spiro atoms. The van der Waals surface area contributed by atoms with E-state index in [1.807, 2.05) is 24.3 Å². The van der Waals surface area contributed by atoms with E-state index in [0.717, 1.165) is 57.9 Å². The summed E-state index contributed by atoms with van der Waals surface area (Å²) in [5.74, 6) is 0. The zero-order valence-electron chi connectivity index (χ0n) is 18.3. The fraction of sp³-hybridized carbons (Fsp3) is 0.458. The average Bonchev–Trinajstić information content (AvgIpc) is 2.81. The van der Waals surface area contributed by atoms with Crippen LogP contribution in [0.15, 0.2) is 48.5 Å². The molecule has 6 nitrogen and oxygen atoms in total. The van der Waals surface area contributed by atoms with Crippen molar-refractivity contribution in [1.82, 2.24) is 9.80 Å². The van der Waals surface area contributed by atoms with Crippen LogP contribution >= 0.6 is 0 Å². The fourth-order valence-electron chi connectivity index (χ4n) is 3.72. The van der Waals surface area contributed by atoms with Gasteiger partial charge in [-0.1, -0.05) is 12.1 Å². The highest BCUT2D eigenvalue weighted by molar-refractivity contribution is 5.50. The minimum Gasteiger partial charge on any atom is -0.369 e. The van der Waals surface area contributed by atoms with E-state index in [2.05, 4.69) is 64.0 Å². The van der Waals surface area contributed by atoms with E-state index in [1.165, 1.54) is 16.9 Å². The number of benzene rings is 2. The van der Waals surface area contributed by atoms with Crippen LogP contribution in [0.5, 0.6) is 0 Å². The van der Waals surface area contributed by atoms with E-state index in [4.69, 9.17) is 11.0 Å². The molecule has 2 aromatic carbocycles. The molecule has 2 aliphatic heterocycles. The first kappa shape index (κ1) is 22.1. The first-order chi connectivity index (χ1) is 14.6. The van der Waals surface area contributed by atoms with Crippen molar-refractivity contribution < 1.29 is 0 Å². The lowest BCUT2D eigenvalue weighted by molar-refractivity contribution is 0.313. The summed E-state index contributed by atoms with van der Waals surface area (Å²) < 4.78 is 0. The Labute approximate surface area is 181 Å². The van der Waals surface area contributed by atoms with Crippen LogP contribution in [0.25, 0.3) is 0 Å². The summed E-state index contributed by atoms with van der Waals surface area (Å²) in [5.41, 5.74) is 10.1. The highest BCUT2D eigenvalue weighted by Crippen LogP contribution is 2.17. The Bertz CT molecular complexity index is 795. The molecule has 0 saturated carbocycles. The fourth-order valence-corrected chi connectivity index (χ4v) is 3.72. The highest BCUT2D eigenvalue weighted by atomic mass is 15.3. The Kier molecular flexibility index (Phi) is 8.09. The molecule has 4 rings (SSSR count). The topological polar surface area (TPSA) is 62.8 Å². The van der Waals surface area contributed by atoms with Crippen molar-refractivity contribution in [2.75, 3.05) is 76.3 Å². The molecule has 0 bridgehead atoms. The summed E-state index contributed by atoms with van der Waals surface area (Å²) in [6, 6.07) is 18.6.